The van der Waals surface area contributed by atoms with E-state index in [0.717, 1.165) is 0 Å². The Morgan fingerprint density at radius 3 is 2.64 bits per heavy atom. The van der Waals surface area contributed by atoms with E-state index in [0.29, 0.717) is 23.8 Å². The van der Waals surface area contributed by atoms with Crippen LogP contribution < -0.4 is 10.1 Å². The van der Waals surface area contributed by atoms with E-state index >= 15 is 0 Å². The lowest BCUT2D eigenvalue weighted by atomic mass is 9.91. The van der Waals surface area contributed by atoms with Crippen molar-refractivity contribution in [2.45, 2.75) is 31.7 Å². The second kappa shape index (κ2) is 8.52. The average Bonchev–Trinajstić information content (AvgIpc) is 3.19. The molecule has 3 heteroatoms. The Morgan fingerprint density at radius 2 is 1.92 bits per heavy atom. The van der Waals surface area contributed by atoms with Gasteiger partial charge >= 0.3 is 0 Å². The molecule has 2 aromatic carbocycles. The second-order valence-electron chi connectivity index (χ2n) is 6.53. The molecule has 1 unspecified atom stereocenters. The minimum Gasteiger partial charge on any atom is -0.490 e. The molecule has 1 aliphatic rings. The van der Waals surface area contributed by atoms with E-state index in [9.17, 15) is 4.79 Å². The Labute approximate surface area is 149 Å². The summed E-state index contributed by atoms with van der Waals surface area (Å²) in [6.45, 7) is 4.08. The van der Waals surface area contributed by atoms with Gasteiger partial charge in [-0.1, -0.05) is 61.9 Å². The predicted octanol–water partition coefficient (Wildman–Crippen LogP) is 4.91. The Bertz CT molecular complexity index is 705. The highest BCUT2D eigenvalue weighted by atomic mass is 16.5. The van der Waals surface area contributed by atoms with Gasteiger partial charge in [-0.3, -0.25) is 4.79 Å². The summed E-state index contributed by atoms with van der Waals surface area (Å²) in [5, 5.41) is 3.26. The summed E-state index contributed by atoms with van der Waals surface area (Å²) in [5.41, 5.74) is 1.81. The molecule has 0 bridgehead atoms. The maximum absolute atomic E-state index is 12.8. The smallest absolute Gasteiger partial charge is 0.251 e. The van der Waals surface area contributed by atoms with Crippen molar-refractivity contribution in [1.29, 1.82) is 0 Å². The fraction of sp³-hybridized carbons (Fsp3) is 0.318. The lowest BCUT2D eigenvalue weighted by Gasteiger charge is -2.25. The first-order valence-corrected chi connectivity index (χ1v) is 8.97. The quantitative estimate of drug-likeness (QED) is 0.730. The summed E-state index contributed by atoms with van der Waals surface area (Å²) in [6.07, 6.45) is 6.52. The largest absolute Gasteiger partial charge is 0.490 e. The van der Waals surface area contributed by atoms with Crippen LogP contribution in [0.15, 0.2) is 67.3 Å². The van der Waals surface area contributed by atoms with Crippen LogP contribution in [0.5, 0.6) is 5.75 Å². The van der Waals surface area contributed by atoms with Crippen LogP contribution in [0.2, 0.25) is 0 Å². The summed E-state index contributed by atoms with van der Waals surface area (Å²) >= 11 is 0. The van der Waals surface area contributed by atoms with Crippen molar-refractivity contribution in [3.63, 3.8) is 0 Å². The van der Waals surface area contributed by atoms with E-state index in [2.05, 4.69) is 24.0 Å². The standard InChI is InChI=1S/C22H25NO2/c1-2-15-25-20-14-8-13-19(16-20)22(24)23-21(18-11-6-7-12-18)17-9-4-3-5-10-17/h2-5,8-10,13-14,16,18,21H,1,6-7,11-12,15H2,(H,23,24). The fourth-order valence-electron chi connectivity index (χ4n) is 3.53. The highest BCUT2D eigenvalue weighted by molar-refractivity contribution is 5.94. The van der Waals surface area contributed by atoms with Crippen LogP contribution in [0, 0.1) is 5.92 Å². The van der Waals surface area contributed by atoms with Gasteiger partial charge in [-0.2, -0.15) is 0 Å². The maximum atomic E-state index is 12.8. The molecule has 25 heavy (non-hydrogen) atoms. The van der Waals surface area contributed by atoms with Crippen molar-refractivity contribution < 1.29 is 9.53 Å². The van der Waals surface area contributed by atoms with Crippen molar-refractivity contribution in [2.75, 3.05) is 6.61 Å². The highest BCUT2D eigenvalue weighted by Gasteiger charge is 2.28. The number of rotatable bonds is 7. The van der Waals surface area contributed by atoms with Crippen LogP contribution in [-0.4, -0.2) is 12.5 Å². The monoisotopic (exact) mass is 335 g/mol. The fourth-order valence-corrected chi connectivity index (χ4v) is 3.53. The zero-order valence-electron chi connectivity index (χ0n) is 14.5. The van der Waals surface area contributed by atoms with Crippen LogP contribution >= 0.6 is 0 Å². The molecule has 130 valence electrons. The normalized spacial score (nSPS) is 15.5. The predicted molar refractivity (Wildman–Crippen MR) is 101 cm³/mol. The van der Waals surface area contributed by atoms with Crippen molar-refractivity contribution in [3.05, 3.63) is 78.4 Å². The van der Waals surface area contributed by atoms with Crippen LogP contribution in [-0.2, 0) is 0 Å². The van der Waals surface area contributed by atoms with Gasteiger partial charge in [0, 0.05) is 5.56 Å². The molecule has 0 aliphatic heterocycles. The molecule has 0 saturated heterocycles. The van der Waals surface area contributed by atoms with Gasteiger partial charge in [-0.05, 0) is 42.5 Å². The third-order valence-electron chi connectivity index (χ3n) is 4.78. The SMILES string of the molecule is C=CCOc1cccc(C(=O)NC(c2ccccc2)C2CCCC2)c1. The van der Waals surface area contributed by atoms with Gasteiger partial charge in [-0.15, -0.1) is 0 Å². The van der Waals surface area contributed by atoms with Gasteiger partial charge in [0.15, 0.2) is 0 Å². The molecule has 3 nitrogen and oxygen atoms in total. The van der Waals surface area contributed by atoms with Gasteiger partial charge in [0.2, 0.25) is 0 Å². The second-order valence-corrected chi connectivity index (χ2v) is 6.53. The average molecular weight is 335 g/mol. The van der Waals surface area contributed by atoms with Crippen molar-refractivity contribution in [2.24, 2.45) is 5.92 Å². The van der Waals surface area contributed by atoms with E-state index in [1.165, 1.54) is 31.2 Å². The number of hydrogen-bond donors (Lipinski definition) is 1. The number of benzene rings is 2. The number of hydrogen-bond acceptors (Lipinski definition) is 2. The molecule has 0 aromatic heterocycles. The third kappa shape index (κ3) is 4.50. The van der Waals surface area contributed by atoms with Crippen molar-refractivity contribution >= 4 is 5.91 Å². The molecule has 1 N–H and O–H groups in total. The molecule has 2 aromatic rings. The van der Waals surface area contributed by atoms with Crippen molar-refractivity contribution in [1.82, 2.24) is 5.32 Å². The molecular weight excluding hydrogens is 310 g/mol. The van der Waals surface area contributed by atoms with Gasteiger partial charge < -0.3 is 10.1 Å². The number of carbonyl (C=O) groups is 1. The minimum absolute atomic E-state index is 0.0511. The molecule has 1 atom stereocenters. The van der Waals surface area contributed by atoms with E-state index in [1.807, 2.05) is 36.4 Å². The Hall–Kier alpha value is -2.55. The van der Waals surface area contributed by atoms with Crippen LogP contribution in [0.25, 0.3) is 0 Å². The Kier molecular flexibility index (Phi) is 5.89. The van der Waals surface area contributed by atoms with Gasteiger partial charge in [0.05, 0.1) is 6.04 Å². The van der Waals surface area contributed by atoms with Crippen molar-refractivity contribution in [3.8, 4) is 5.75 Å². The summed E-state index contributed by atoms with van der Waals surface area (Å²) < 4.78 is 5.54. The summed E-state index contributed by atoms with van der Waals surface area (Å²) in [6, 6.07) is 17.7. The van der Waals surface area contributed by atoms with Crippen LogP contribution in [0.1, 0.15) is 47.6 Å². The first-order valence-electron chi connectivity index (χ1n) is 8.97. The van der Waals surface area contributed by atoms with Crippen LogP contribution in [0.4, 0.5) is 0 Å². The van der Waals surface area contributed by atoms with Gasteiger partial charge in [0.25, 0.3) is 5.91 Å². The Balaban J connectivity index is 1.77. The van der Waals surface area contributed by atoms with Crippen LogP contribution in [0.3, 0.4) is 0 Å². The minimum atomic E-state index is -0.0511. The first-order chi connectivity index (χ1) is 12.3. The zero-order valence-corrected chi connectivity index (χ0v) is 14.5. The van der Waals surface area contributed by atoms with Gasteiger partial charge in [-0.25, -0.2) is 0 Å². The number of nitrogens with one attached hydrogen (secondary N) is 1. The lowest BCUT2D eigenvalue weighted by Crippen LogP contribution is -2.32. The zero-order chi connectivity index (χ0) is 17.5. The number of carbonyl (C=O) groups excluding carboxylic acids is 1. The lowest BCUT2D eigenvalue weighted by molar-refractivity contribution is 0.0921. The molecule has 0 heterocycles. The van der Waals surface area contributed by atoms with E-state index < -0.39 is 0 Å². The molecule has 1 aliphatic carbocycles. The summed E-state index contributed by atoms with van der Waals surface area (Å²) in [4.78, 5) is 12.8. The highest BCUT2D eigenvalue weighted by Crippen LogP contribution is 2.35. The Morgan fingerprint density at radius 1 is 1.16 bits per heavy atom. The molecule has 1 saturated carbocycles. The third-order valence-corrected chi connectivity index (χ3v) is 4.78. The molecule has 3 rings (SSSR count). The van der Waals surface area contributed by atoms with E-state index in [-0.39, 0.29) is 11.9 Å². The van der Waals surface area contributed by atoms with E-state index in [4.69, 9.17) is 4.74 Å². The summed E-state index contributed by atoms with van der Waals surface area (Å²) in [7, 11) is 0. The number of amides is 1. The first kappa shape index (κ1) is 17.3. The molecule has 0 spiro atoms. The summed E-state index contributed by atoms with van der Waals surface area (Å²) in [5.74, 6) is 1.14. The van der Waals surface area contributed by atoms with E-state index in [1.54, 1.807) is 12.1 Å². The molecular formula is C22H25NO2. The topological polar surface area (TPSA) is 38.3 Å². The molecule has 0 radical (unpaired) electrons. The van der Waals surface area contributed by atoms with Gasteiger partial charge in [0.1, 0.15) is 12.4 Å². The molecule has 1 fully saturated rings. The molecule has 1 amide bonds. The number of ether oxygens (including phenoxy) is 1. The maximum Gasteiger partial charge on any atom is 0.251 e.